The van der Waals surface area contributed by atoms with Crippen molar-refractivity contribution in [3.05, 3.63) is 45.7 Å². The second kappa shape index (κ2) is 8.28. The first-order valence-corrected chi connectivity index (χ1v) is 6.35. The van der Waals surface area contributed by atoms with E-state index in [2.05, 4.69) is 10.0 Å². The van der Waals surface area contributed by atoms with Crippen LogP contribution in [0.3, 0.4) is 0 Å². The van der Waals surface area contributed by atoms with Gasteiger partial charge in [-0.3, -0.25) is 5.14 Å². The average molecular weight is 281 g/mol. The van der Waals surface area contributed by atoms with Gasteiger partial charge >= 0.3 is 0 Å². The van der Waals surface area contributed by atoms with Gasteiger partial charge < -0.3 is 15.6 Å². The summed E-state index contributed by atoms with van der Waals surface area (Å²) in [6, 6.07) is 7.05. The van der Waals surface area contributed by atoms with Crippen LogP contribution in [0.2, 0.25) is 0 Å². The third kappa shape index (κ3) is 5.54. The maximum absolute atomic E-state index is 9.42. The maximum Gasteiger partial charge on any atom is 0.119 e. The predicted octanol–water partition coefficient (Wildman–Crippen LogP) is 1.60. The number of aliphatic hydroxyl groups is 1. The molecule has 0 saturated heterocycles. The van der Waals surface area contributed by atoms with Gasteiger partial charge in [-0.1, -0.05) is 17.1 Å². The second-order valence-electron chi connectivity index (χ2n) is 3.61. The Morgan fingerprint density at radius 1 is 1.53 bits per heavy atom. The fraction of sp³-hybridized carbons (Fsp3) is 0.273. The zero-order valence-corrected chi connectivity index (χ0v) is 11.0. The molecule has 1 aromatic rings. The summed E-state index contributed by atoms with van der Waals surface area (Å²) in [5.41, 5.74) is 15.3. The van der Waals surface area contributed by atoms with Crippen LogP contribution in [-0.2, 0) is 0 Å². The molecule has 0 heterocycles. The minimum atomic E-state index is -0.825. The molecular formula is C11H15N5O2S. The minimum absolute atomic E-state index is 0.0159. The fourth-order valence-corrected chi connectivity index (χ4v) is 1.54. The van der Waals surface area contributed by atoms with E-state index in [1.807, 2.05) is 0 Å². The highest BCUT2D eigenvalue weighted by molar-refractivity contribution is 8.00. The van der Waals surface area contributed by atoms with Gasteiger partial charge in [0.05, 0.1) is 12.6 Å². The summed E-state index contributed by atoms with van der Waals surface area (Å²) >= 11 is 1.04. The molecule has 19 heavy (non-hydrogen) atoms. The molecule has 0 saturated carbocycles. The SMILES string of the molecule is [N-]=[N+]=NCC(O)COc1ccc(/C(N)=C/SN)cc1. The summed E-state index contributed by atoms with van der Waals surface area (Å²) in [5, 5.41) is 19.6. The molecule has 0 spiro atoms. The Kier molecular flexibility index (Phi) is 6.62. The lowest BCUT2D eigenvalue weighted by molar-refractivity contribution is 0.114. The smallest absolute Gasteiger partial charge is 0.119 e. The molecule has 1 aromatic carbocycles. The van der Waals surface area contributed by atoms with Gasteiger partial charge in [-0.2, -0.15) is 0 Å². The van der Waals surface area contributed by atoms with E-state index >= 15 is 0 Å². The van der Waals surface area contributed by atoms with E-state index in [9.17, 15) is 5.11 Å². The summed E-state index contributed by atoms with van der Waals surface area (Å²) in [6.45, 7) is 0.0420. The van der Waals surface area contributed by atoms with Gasteiger partial charge in [0.25, 0.3) is 0 Å². The average Bonchev–Trinajstić information content (AvgIpc) is 2.43. The van der Waals surface area contributed by atoms with E-state index < -0.39 is 6.10 Å². The van der Waals surface area contributed by atoms with Gasteiger partial charge in [0.15, 0.2) is 0 Å². The molecule has 8 heteroatoms. The van der Waals surface area contributed by atoms with E-state index in [0.717, 1.165) is 17.5 Å². The van der Waals surface area contributed by atoms with Crippen LogP contribution in [0.25, 0.3) is 16.1 Å². The number of nitrogens with two attached hydrogens (primary N) is 2. The first-order valence-electron chi connectivity index (χ1n) is 5.40. The van der Waals surface area contributed by atoms with Crippen LogP contribution in [0, 0.1) is 0 Å². The number of azide groups is 1. The molecule has 0 aromatic heterocycles. The zero-order chi connectivity index (χ0) is 14.1. The molecule has 0 bridgehead atoms. The lowest BCUT2D eigenvalue weighted by atomic mass is 10.2. The zero-order valence-electron chi connectivity index (χ0n) is 10.1. The first kappa shape index (κ1) is 15.2. The Balaban J connectivity index is 2.53. The van der Waals surface area contributed by atoms with E-state index in [1.54, 1.807) is 29.7 Å². The van der Waals surface area contributed by atoms with Crippen molar-refractivity contribution in [1.82, 2.24) is 0 Å². The van der Waals surface area contributed by atoms with Crippen molar-refractivity contribution in [2.24, 2.45) is 16.0 Å². The van der Waals surface area contributed by atoms with E-state index in [-0.39, 0.29) is 13.2 Å². The highest BCUT2D eigenvalue weighted by Crippen LogP contribution is 2.17. The molecule has 1 unspecified atom stereocenters. The van der Waals surface area contributed by atoms with Crippen molar-refractivity contribution in [3.63, 3.8) is 0 Å². The molecule has 0 amide bonds. The third-order valence-electron chi connectivity index (χ3n) is 2.18. The normalized spacial score (nSPS) is 12.6. The number of ether oxygens (including phenoxy) is 1. The van der Waals surface area contributed by atoms with Crippen molar-refractivity contribution in [1.29, 1.82) is 0 Å². The fourth-order valence-electron chi connectivity index (χ4n) is 1.26. The van der Waals surface area contributed by atoms with Gasteiger partial charge in [0.1, 0.15) is 12.4 Å². The minimum Gasteiger partial charge on any atom is -0.491 e. The summed E-state index contributed by atoms with van der Waals surface area (Å²) in [5.74, 6) is 0.594. The van der Waals surface area contributed by atoms with Crippen LogP contribution in [0.5, 0.6) is 5.75 Å². The molecule has 7 nitrogen and oxygen atoms in total. The van der Waals surface area contributed by atoms with Gasteiger partial charge in [0, 0.05) is 16.0 Å². The van der Waals surface area contributed by atoms with Crippen molar-refractivity contribution < 1.29 is 9.84 Å². The van der Waals surface area contributed by atoms with E-state index in [0.29, 0.717) is 11.4 Å². The van der Waals surface area contributed by atoms with Crippen LogP contribution in [0.15, 0.2) is 34.8 Å². The highest BCUT2D eigenvalue weighted by Gasteiger charge is 2.04. The monoisotopic (exact) mass is 281 g/mol. The number of hydrogen-bond donors (Lipinski definition) is 3. The van der Waals surface area contributed by atoms with Gasteiger partial charge in [-0.15, -0.1) is 0 Å². The van der Waals surface area contributed by atoms with Gasteiger partial charge in [0.2, 0.25) is 0 Å². The molecule has 0 aliphatic rings. The van der Waals surface area contributed by atoms with Crippen LogP contribution < -0.4 is 15.6 Å². The number of benzene rings is 1. The summed E-state index contributed by atoms with van der Waals surface area (Å²) < 4.78 is 5.34. The van der Waals surface area contributed by atoms with E-state index in [4.69, 9.17) is 21.1 Å². The quantitative estimate of drug-likeness (QED) is 0.302. The molecule has 0 fully saturated rings. The van der Waals surface area contributed by atoms with Crippen molar-refractivity contribution >= 4 is 17.6 Å². The summed E-state index contributed by atoms with van der Waals surface area (Å²) in [6.07, 6.45) is -0.825. The van der Waals surface area contributed by atoms with Crippen LogP contribution in [0.1, 0.15) is 5.56 Å². The van der Waals surface area contributed by atoms with Crippen molar-refractivity contribution in [2.45, 2.75) is 6.10 Å². The second-order valence-corrected chi connectivity index (χ2v) is 4.12. The van der Waals surface area contributed by atoms with Crippen molar-refractivity contribution in [2.75, 3.05) is 13.2 Å². The number of hydrogen-bond acceptors (Lipinski definition) is 6. The lowest BCUT2D eigenvalue weighted by Crippen LogP contribution is -2.20. The molecule has 5 N–H and O–H groups in total. The molecular weight excluding hydrogens is 266 g/mol. The Bertz CT molecular complexity index is 470. The topological polar surface area (TPSA) is 130 Å². The standard InChI is InChI=1S/C11H15N5O2S/c12-11(7-19-14)8-1-3-10(4-2-8)18-6-9(17)5-15-16-13/h1-4,7,9,17H,5-6,12,14H2/b11-7-. The third-order valence-corrected chi connectivity index (χ3v) is 2.57. The molecule has 0 aliphatic carbocycles. The Labute approximate surface area is 115 Å². The van der Waals surface area contributed by atoms with Crippen LogP contribution in [-0.4, -0.2) is 24.4 Å². The Hall–Kier alpha value is -1.86. The molecule has 102 valence electrons. The number of nitrogens with zero attached hydrogens (tertiary/aromatic N) is 3. The molecule has 0 radical (unpaired) electrons. The first-order chi connectivity index (χ1) is 9.17. The van der Waals surface area contributed by atoms with E-state index in [1.165, 1.54) is 0 Å². The maximum atomic E-state index is 9.42. The summed E-state index contributed by atoms with van der Waals surface area (Å²) in [4.78, 5) is 2.56. The van der Waals surface area contributed by atoms with Crippen LogP contribution in [0.4, 0.5) is 0 Å². The Morgan fingerprint density at radius 2 is 2.21 bits per heavy atom. The Morgan fingerprint density at radius 3 is 2.79 bits per heavy atom. The molecule has 1 rings (SSSR count). The number of aliphatic hydroxyl groups excluding tert-OH is 1. The molecule has 0 aliphatic heterocycles. The largest absolute Gasteiger partial charge is 0.491 e. The lowest BCUT2D eigenvalue weighted by Gasteiger charge is -2.10. The summed E-state index contributed by atoms with van der Waals surface area (Å²) in [7, 11) is 0. The number of rotatable bonds is 7. The van der Waals surface area contributed by atoms with Crippen molar-refractivity contribution in [3.8, 4) is 5.75 Å². The molecule has 1 atom stereocenters. The van der Waals surface area contributed by atoms with Crippen LogP contribution >= 0.6 is 11.9 Å². The highest BCUT2D eigenvalue weighted by atomic mass is 32.2. The van der Waals surface area contributed by atoms with Gasteiger partial charge in [-0.05, 0) is 35.4 Å². The van der Waals surface area contributed by atoms with Gasteiger partial charge in [-0.25, -0.2) is 0 Å². The predicted molar refractivity (Wildman–Crippen MR) is 75.9 cm³/mol.